The van der Waals surface area contributed by atoms with Gasteiger partial charge in [-0.05, 0) is 24.3 Å². The standard InChI is InChI=1S/C25H24N4O4/c1-25(2,3)20-15-21(29(28-20)17-9-5-4-6-10-17)27-22(30)16-32-24(31)14-13-23-26-18-11-7-8-12-19(18)33-23/h4-15H,16H2,1-3H3,(H,27,30)/b14-13+. The zero-order valence-electron chi connectivity index (χ0n) is 18.6. The van der Waals surface area contributed by atoms with Crippen molar-refractivity contribution in [3.8, 4) is 5.69 Å². The van der Waals surface area contributed by atoms with Crippen LogP contribution in [0.3, 0.4) is 0 Å². The molecule has 0 unspecified atom stereocenters. The van der Waals surface area contributed by atoms with Crippen molar-refractivity contribution in [3.63, 3.8) is 0 Å². The minimum atomic E-state index is -0.681. The fourth-order valence-corrected chi connectivity index (χ4v) is 3.07. The zero-order valence-corrected chi connectivity index (χ0v) is 18.6. The second kappa shape index (κ2) is 9.12. The van der Waals surface area contributed by atoms with E-state index in [0.717, 1.165) is 11.4 Å². The number of oxazole rings is 1. The molecule has 2 aromatic heterocycles. The third-order valence-electron chi connectivity index (χ3n) is 4.76. The molecular formula is C25H24N4O4. The molecule has 1 amide bonds. The molecule has 0 saturated heterocycles. The second-order valence-corrected chi connectivity index (χ2v) is 8.42. The molecule has 0 spiro atoms. The van der Waals surface area contributed by atoms with Crippen molar-refractivity contribution in [2.45, 2.75) is 26.2 Å². The number of benzene rings is 2. The van der Waals surface area contributed by atoms with Crippen LogP contribution in [0.2, 0.25) is 0 Å². The van der Waals surface area contributed by atoms with Crippen molar-refractivity contribution in [2.75, 3.05) is 11.9 Å². The van der Waals surface area contributed by atoms with E-state index in [4.69, 9.17) is 9.15 Å². The molecule has 0 fully saturated rings. The van der Waals surface area contributed by atoms with Crippen LogP contribution in [-0.2, 0) is 19.7 Å². The van der Waals surface area contributed by atoms with Gasteiger partial charge in [-0.3, -0.25) is 4.79 Å². The zero-order chi connectivity index (χ0) is 23.4. The van der Waals surface area contributed by atoms with Gasteiger partial charge in [-0.2, -0.15) is 5.10 Å². The Morgan fingerprint density at radius 3 is 2.55 bits per heavy atom. The van der Waals surface area contributed by atoms with Crippen molar-refractivity contribution >= 4 is 34.9 Å². The lowest BCUT2D eigenvalue weighted by Crippen LogP contribution is -2.21. The van der Waals surface area contributed by atoms with Gasteiger partial charge in [0.05, 0.1) is 11.4 Å². The van der Waals surface area contributed by atoms with E-state index in [-0.39, 0.29) is 11.3 Å². The molecule has 1 N–H and O–H groups in total. The molecule has 2 heterocycles. The fraction of sp³-hybridized carbons (Fsp3) is 0.200. The highest BCUT2D eigenvalue weighted by Gasteiger charge is 2.21. The number of hydrogen-bond acceptors (Lipinski definition) is 6. The molecule has 0 aliphatic rings. The van der Waals surface area contributed by atoms with E-state index in [1.165, 1.54) is 12.2 Å². The Kier molecular flexibility index (Phi) is 6.08. The summed E-state index contributed by atoms with van der Waals surface area (Å²) in [5.74, 6) is -0.385. The molecule has 0 saturated carbocycles. The maximum atomic E-state index is 12.5. The molecule has 2 aromatic carbocycles. The topological polar surface area (TPSA) is 99.2 Å². The minimum absolute atomic E-state index is 0.207. The minimum Gasteiger partial charge on any atom is -0.452 e. The number of esters is 1. The van der Waals surface area contributed by atoms with Crippen molar-refractivity contribution < 1.29 is 18.7 Å². The van der Waals surface area contributed by atoms with E-state index in [2.05, 4.69) is 15.4 Å². The van der Waals surface area contributed by atoms with Crippen LogP contribution in [-0.4, -0.2) is 33.2 Å². The van der Waals surface area contributed by atoms with E-state index >= 15 is 0 Å². The van der Waals surface area contributed by atoms with E-state index < -0.39 is 18.5 Å². The molecule has 33 heavy (non-hydrogen) atoms. The maximum Gasteiger partial charge on any atom is 0.331 e. The molecule has 0 atom stereocenters. The number of carbonyl (C=O) groups excluding carboxylic acids is 2. The van der Waals surface area contributed by atoms with Crippen LogP contribution >= 0.6 is 0 Å². The number of aromatic nitrogens is 3. The second-order valence-electron chi connectivity index (χ2n) is 8.42. The first-order valence-corrected chi connectivity index (χ1v) is 10.5. The van der Waals surface area contributed by atoms with Gasteiger partial charge < -0.3 is 14.5 Å². The lowest BCUT2D eigenvalue weighted by Gasteiger charge is -2.14. The summed E-state index contributed by atoms with van der Waals surface area (Å²) in [5.41, 5.74) is 2.73. The number of para-hydroxylation sites is 3. The van der Waals surface area contributed by atoms with Crippen LogP contribution in [0.5, 0.6) is 0 Å². The molecule has 0 aliphatic heterocycles. The Morgan fingerprint density at radius 2 is 1.82 bits per heavy atom. The Bertz CT molecular complexity index is 1280. The van der Waals surface area contributed by atoms with Gasteiger partial charge in [0.15, 0.2) is 12.2 Å². The summed E-state index contributed by atoms with van der Waals surface area (Å²) < 4.78 is 12.2. The largest absolute Gasteiger partial charge is 0.452 e. The summed E-state index contributed by atoms with van der Waals surface area (Å²) in [6.07, 6.45) is 2.57. The number of rotatable bonds is 6. The summed E-state index contributed by atoms with van der Waals surface area (Å²) in [5, 5.41) is 7.42. The lowest BCUT2D eigenvalue weighted by atomic mass is 9.92. The van der Waals surface area contributed by atoms with Gasteiger partial charge in [0.2, 0.25) is 5.89 Å². The molecule has 8 nitrogen and oxygen atoms in total. The van der Waals surface area contributed by atoms with Crippen molar-refractivity contribution in [1.29, 1.82) is 0 Å². The first-order chi connectivity index (χ1) is 15.8. The molecule has 0 radical (unpaired) electrons. The third kappa shape index (κ3) is 5.35. The smallest absolute Gasteiger partial charge is 0.331 e. The highest BCUT2D eigenvalue weighted by atomic mass is 16.5. The summed E-state index contributed by atoms with van der Waals surface area (Å²) >= 11 is 0. The van der Waals surface area contributed by atoms with Crippen molar-refractivity contribution in [3.05, 3.63) is 78.3 Å². The van der Waals surface area contributed by atoms with E-state index in [1.54, 1.807) is 10.7 Å². The number of nitrogens with zero attached hydrogens (tertiary/aromatic N) is 3. The molecule has 0 aliphatic carbocycles. The summed E-state index contributed by atoms with van der Waals surface area (Å²) in [7, 11) is 0. The Morgan fingerprint density at radius 1 is 1.09 bits per heavy atom. The summed E-state index contributed by atoms with van der Waals surface area (Å²) in [6.45, 7) is 5.69. The molecule has 168 valence electrons. The lowest BCUT2D eigenvalue weighted by molar-refractivity contribution is -0.142. The first kappa shape index (κ1) is 22.0. The monoisotopic (exact) mass is 444 g/mol. The molecule has 8 heteroatoms. The number of fused-ring (bicyclic) bond motifs is 1. The van der Waals surface area contributed by atoms with Crippen molar-refractivity contribution in [1.82, 2.24) is 14.8 Å². The number of amides is 1. The molecular weight excluding hydrogens is 420 g/mol. The number of ether oxygens (including phenoxy) is 1. The van der Waals surface area contributed by atoms with Gasteiger partial charge in [0, 0.05) is 23.6 Å². The number of hydrogen-bond donors (Lipinski definition) is 1. The van der Waals surface area contributed by atoms with Crippen LogP contribution in [0.4, 0.5) is 5.82 Å². The molecule has 4 rings (SSSR count). The predicted octanol–water partition coefficient (Wildman–Crippen LogP) is 4.51. The molecule has 4 aromatic rings. The van der Waals surface area contributed by atoms with Gasteiger partial charge in [-0.15, -0.1) is 0 Å². The Hall–Kier alpha value is -4.20. The van der Waals surface area contributed by atoms with Crippen molar-refractivity contribution in [2.24, 2.45) is 0 Å². The number of anilines is 1. The van der Waals surface area contributed by atoms with Gasteiger partial charge >= 0.3 is 5.97 Å². The summed E-state index contributed by atoms with van der Waals surface area (Å²) in [6, 6.07) is 18.6. The Labute approximate surface area is 190 Å². The average Bonchev–Trinajstić information content (AvgIpc) is 3.41. The number of nitrogens with one attached hydrogen (secondary N) is 1. The van der Waals surface area contributed by atoms with Gasteiger partial charge in [-0.1, -0.05) is 51.1 Å². The average molecular weight is 444 g/mol. The van der Waals surface area contributed by atoms with Gasteiger partial charge in [0.25, 0.3) is 5.91 Å². The predicted molar refractivity (Wildman–Crippen MR) is 125 cm³/mol. The SMILES string of the molecule is CC(C)(C)c1cc(NC(=O)COC(=O)/C=C/c2nc3ccccc3o2)n(-c2ccccc2)n1. The van der Waals surface area contributed by atoms with Crippen LogP contribution in [0.25, 0.3) is 22.9 Å². The van der Waals surface area contributed by atoms with E-state index in [0.29, 0.717) is 16.9 Å². The first-order valence-electron chi connectivity index (χ1n) is 10.5. The quantitative estimate of drug-likeness (QED) is 0.347. The van der Waals surface area contributed by atoms with E-state index in [9.17, 15) is 9.59 Å². The van der Waals surface area contributed by atoms with Crippen LogP contribution in [0, 0.1) is 0 Å². The summed E-state index contributed by atoms with van der Waals surface area (Å²) in [4.78, 5) is 28.7. The normalized spacial score (nSPS) is 11.7. The van der Waals surface area contributed by atoms with Gasteiger partial charge in [-0.25, -0.2) is 14.5 Å². The maximum absolute atomic E-state index is 12.5. The van der Waals surface area contributed by atoms with E-state index in [1.807, 2.05) is 75.4 Å². The Balaban J connectivity index is 1.40. The van der Waals surface area contributed by atoms with Gasteiger partial charge in [0.1, 0.15) is 11.3 Å². The third-order valence-corrected chi connectivity index (χ3v) is 4.76. The highest BCUT2D eigenvalue weighted by Crippen LogP contribution is 2.26. The van der Waals surface area contributed by atoms with Crippen LogP contribution in [0.1, 0.15) is 32.4 Å². The van der Waals surface area contributed by atoms with Crippen LogP contribution < -0.4 is 5.32 Å². The number of carbonyl (C=O) groups is 2. The highest BCUT2D eigenvalue weighted by molar-refractivity contribution is 5.94. The van der Waals surface area contributed by atoms with Crippen LogP contribution in [0.15, 0.2) is 71.2 Å². The fourth-order valence-electron chi connectivity index (χ4n) is 3.07. The molecule has 0 bridgehead atoms.